The number of nitrogens with one attached hydrogen (secondary N) is 1. The van der Waals surface area contributed by atoms with Gasteiger partial charge in [0.05, 0.1) is 11.2 Å². The number of thioether (sulfide) groups is 1. The molecular weight excluding hydrogens is 435 g/mol. The van der Waals surface area contributed by atoms with Gasteiger partial charge in [-0.25, -0.2) is 9.37 Å². The van der Waals surface area contributed by atoms with E-state index < -0.39 is 0 Å². The fraction of sp³-hybridized carbons (Fsp3) is 0.0385. The van der Waals surface area contributed by atoms with E-state index in [0.717, 1.165) is 33.1 Å². The van der Waals surface area contributed by atoms with Crippen LogP contribution in [0.3, 0.4) is 0 Å². The third kappa shape index (κ3) is 3.66. The highest BCUT2D eigenvalue weighted by atomic mass is 32.2. The lowest BCUT2D eigenvalue weighted by Gasteiger charge is -2.05. The summed E-state index contributed by atoms with van der Waals surface area (Å²) in [5.74, 6) is 0.484. The highest BCUT2D eigenvalue weighted by Crippen LogP contribution is 2.35. The molecule has 7 heteroatoms. The van der Waals surface area contributed by atoms with Gasteiger partial charge in [0.2, 0.25) is 0 Å². The van der Waals surface area contributed by atoms with Crippen molar-refractivity contribution in [1.29, 1.82) is 0 Å². The molecule has 3 heterocycles. The molecule has 0 aliphatic heterocycles. The van der Waals surface area contributed by atoms with E-state index in [4.69, 9.17) is 9.40 Å². The molecule has 1 N–H and O–H groups in total. The standard InChI is InChI=1S/C26H17FN4OS/c27-20-12-6-4-10-17(20)15-33-26-31-30-25(32-26)22-14-19-18-11-5-7-13-21(18)28-24(19)23(29-22)16-8-2-1-3-9-16/h1-14,28H,15H2. The monoisotopic (exact) mass is 452 g/mol. The minimum absolute atomic E-state index is 0.247. The van der Waals surface area contributed by atoms with Gasteiger partial charge in [-0.15, -0.1) is 10.2 Å². The molecule has 0 atom stereocenters. The van der Waals surface area contributed by atoms with Crippen molar-refractivity contribution in [3.63, 3.8) is 0 Å². The molecule has 0 saturated carbocycles. The van der Waals surface area contributed by atoms with Crippen LogP contribution in [0.15, 0.2) is 94.6 Å². The fourth-order valence-corrected chi connectivity index (χ4v) is 4.64. The number of benzene rings is 3. The van der Waals surface area contributed by atoms with Crippen molar-refractivity contribution < 1.29 is 8.81 Å². The molecule has 0 spiro atoms. The summed E-state index contributed by atoms with van der Waals surface area (Å²) in [7, 11) is 0. The number of aromatic amines is 1. The molecule has 0 saturated heterocycles. The molecule has 33 heavy (non-hydrogen) atoms. The number of H-pyrrole nitrogens is 1. The van der Waals surface area contributed by atoms with Gasteiger partial charge in [-0.05, 0) is 23.8 Å². The third-order valence-electron chi connectivity index (χ3n) is 5.48. The van der Waals surface area contributed by atoms with E-state index in [-0.39, 0.29) is 5.82 Å². The van der Waals surface area contributed by atoms with Gasteiger partial charge < -0.3 is 9.40 Å². The molecule has 0 radical (unpaired) electrons. The maximum atomic E-state index is 13.9. The van der Waals surface area contributed by atoms with Gasteiger partial charge in [0.25, 0.3) is 11.1 Å². The van der Waals surface area contributed by atoms with E-state index >= 15 is 0 Å². The first-order valence-electron chi connectivity index (χ1n) is 10.4. The Morgan fingerprint density at radius 1 is 0.848 bits per heavy atom. The first kappa shape index (κ1) is 19.7. The Morgan fingerprint density at radius 3 is 2.52 bits per heavy atom. The van der Waals surface area contributed by atoms with Crippen LogP contribution in [0.25, 0.3) is 44.6 Å². The molecule has 6 aromatic rings. The number of nitrogens with zero attached hydrogens (tertiary/aromatic N) is 3. The molecule has 3 aromatic carbocycles. The number of fused-ring (bicyclic) bond motifs is 3. The maximum absolute atomic E-state index is 13.9. The van der Waals surface area contributed by atoms with Gasteiger partial charge in [0.15, 0.2) is 0 Å². The summed E-state index contributed by atoms with van der Waals surface area (Å²) in [6.45, 7) is 0. The molecule has 5 nitrogen and oxygen atoms in total. The highest BCUT2D eigenvalue weighted by Gasteiger charge is 2.18. The van der Waals surface area contributed by atoms with Crippen LogP contribution in [0.2, 0.25) is 0 Å². The van der Waals surface area contributed by atoms with Crippen molar-refractivity contribution in [3.05, 3.63) is 96.3 Å². The number of pyridine rings is 1. The number of hydrogen-bond donors (Lipinski definition) is 1. The van der Waals surface area contributed by atoms with Gasteiger partial charge in [-0.3, -0.25) is 0 Å². The first-order chi connectivity index (χ1) is 16.3. The molecule has 0 amide bonds. The molecule has 0 bridgehead atoms. The van der Waals surface area contributed by atoms with Gasteiger partial charge in [0.1, 0.15) is 11.5 Å². The molecule has 0 unspecified atom stereocenters. The average Bonchev–Trinajstić information content (AvgIpc) is 3.48. The van der Waals surface area contributed by atoms with Gasteiger partial charge >= 0.3 is 0 Å². The van der Waals surface area contributed by atoms with Crippen molar-refractivity contribution in [3.8, 4) is 22.8 Å². The van der Waals surface area contributed by atoms with Crippen LogP contribution in [-0.2, 0) is 5.75 Å². The van der Waals surface area contributed by atoms with Crippen molar-refractivity contribution in [1.82, 2.24) is 20.2 Å². The number of halogens is 1. The lowest BCUT2D eigenvalue weighted by molar-refractivity contribution is 0.464. The normalized spacial score (nSPS) is 11.4. The maximum Gasteiger partial charge on any atom is 0.277 e. The van der Waals surface area contributed by atoms with Crippen LogP contribution < -0.4 is 0 Å². The number of rotatable bonds is 5. The smallest absolute Gasteiger partial charge is 0.277 e. The summed E-state index contributed by atoms with van der Waals surface area (Å²) < 4.78 is 19.8. The first-order valence-corrected chi connectivity index (χ1v) is 11.4. The van der Waals surface area contributed by atoms with Crippen molar-refractivity contribution in [2.45, 2.75) is 11.0 Å². The predicted octanol–water partition coefficient (Wildman–Crippen LogP) is 6.86. The van der Waals surface area contributed by atoms with E-state index in [9.17, 15) is 4.39 Å². The Balaban J connectivity index is 1.43. The van der Waals surface area contributed by atoms with E-state index in [1.165, 1.54) is 17.8 Å². The van der Waals surface area contributed by atoms with Crippen LogP contribution in [0.4, 0.5) is 4.39 Å². The van der Waals surface area contributed by atoms with Crippen LogP contribution >= 0.6 is 11.8 Å². The summed E-state index contributed by atoms with van der Waals surface area (Å²) in [5, 5.41) is 10.9. The summed E-state index contributed by atoms with van der Waals surface area (Å²) in [6, 6.07) is 26.8. The summed E-state index contributed by atoms with van der Waals surface area (Å²) in [5.41, 5.74) is 4.99. The minimum Gasteiger partial charge on any atom is -0.410 e. The topological polar surface area (TPSA) is 67.6 Å². The predicted molar refractivity (Wildman–Crippen MR) is 128 cm³/mol. The van der Waals surface area contributed by atoms with Crippen LogP contribution in [-0.4, -0.2) is 20.2 Å². The Hall–Kier alpha value is -3.97. The van der Waals surface area contributed by atoms with E-state index in [0.29, 0.717) is 28.1 Å². The number of aromatic nitrogens is 4. The second-order valence-corrected chi connectivity index (χ2v) is 8.50. The Morgan fingerprint density at radius 2 is 1.64 bits per heavy atom. The molecule has 0 fully saturated rings. The molecule has 0 aliphatic rings. The van der Waals surface area contributed by atoms with Crippen molar-refractivity contribution in [2.24, 2.45) is 0 Å². The van der Waals surface area contributed by atoms with Crippen LogP contribution in [0.1, 0.15) is 5.56 Å². The van der Waals surface area contributed by atoms with Crippen molar-refractivity contribution >= 4 is 33.6 Å². The fourth-order valence-electron chi connectivity index (χ4n) is 3.89. The Bertz CT molecular complexity index is 1590. The Labute approximate surface area is 192 Å². The zero-order valence-electron chi connectivity index (χ0n) is 17.3. The highest BCUT2D eigenvalue weighted by molar-refractivity contribution is 7.98. The zero-order chi connectivity index (χ0) is 22.2. The number of para-hydroxylation sites is 1. The van der Waals surface area contributed by atoms with Crippen molar-refractivity contribution in [2.75, 3.05) is 0 Å². The third-order valence-corrected chi connectivity index (χ3v) is 6.35. The summed E-state index contributed by atoms with van der Waals surface area (Å²) in [4.78, 5) is 8.39. The molecule has 3 aromatic heterocycles. The van der Waals surface area contributed by atoms with E-state index in [2.05, 4.69) is 21.2 Å². The number of hydrogen-bond acceptors (Lipinski definition) is 5. The second-order valence-electron chi connectivity index (χ2n) is 7.57. The quantitative estimate of drug-likeness (QED) is 0.289. The summed E-state index contributed by atoms with van der Waals surface area (Å²) >= 11 is 1.30. The molecule has 160 valence electrons. The molecule has 6 rings (SSSR count). The zero-order valence-corrected chi connectivity index (χ0v) is 18.1. The van der Waals surface area contributed by atoms with Gasteiger partial charge in [-0.1, -0.05) is 78.5 Å². The second kappa shape index (κ2) is 8.18. The largest absolute Gasteiger partial charge is 0.410 e. The summed E-state index contributed by atoms with van der Waals surface area (Å²) in [6.07, 6.45) is 0. The molecule has 0 aliphatic carbocycles. The molecular formula is C26H17FN4OS. The lowest BCUT2D eigenvalue weighted by Crippen LogP contribution is -1.90. The average molecular weight is 453 g/mol. The SMILES string of the molecule is Fc1ccccc1CSc1nnc(-c2cc3c([nH]c4ccccc43)c(-c3ccccc3)n2)o1. The van der Waals surface area contributed by atoms with Crippen LogP contribution in [0, 0.1) is 5.82 Å². The van der Waals surface area contributed by atoms with Crippen LogP contribution in [0.5, 0.6) is 0 Å². The van der Waals surface area contributed by atoms with E-state index in [1.54, 1.807) is 12.1 Å². The minimum atomic E-state index is -0.247. The van der Waals surface area contributed by atoms with E-state index in [1.807, 2.05) is 60.7 Å². The van der Waals surface area contributed by atoms with Gasteiger partial charge in [-0.2, -0.15) is 0 Å². The Kier molecular flexibility index (Phi) is 4.88. The lowest BCUT2D eigenvalue weighted by atomic mass is 10.1. The van der Waals surface area contributed by atoms with Gasteiger partial charge in [0, 0.05) is 27.6 Å².